The number of anilines is 2. The molecular formula is C18H22ClN5O2S. The van der Waals surface area contributed by atoms with Crippen molar-refractivity contribution in [2.24, 2.45) is 0 Å². The summed E-state index contributed by atoms with van der Waals surface area (Å²) in [6.07, 6.45) is 2.00. The third-order valence-electron chi connectivity index (χ3n) is 3.72. The Morgan fingerprint density at radius 2 is 1.89 bits per heavy atom. The highest BCUT2D eigenvalue weighted by Crippen LogP contribution is 2.28. The maximum Gasteiger partial charge on any atom is 0.246 e. The van der Waals surface area contributed by atoms with Gasteiger partial charge >= 0.3 is 0 Å². The summed E-state index contributed by atoms with van der Waals surface area (Å²) in [6.45, 7) is 7.23. The Hall–Kier alpha value is -2.16. The quantitative estimate of drug-likeness (QED) is 0.672. The van der Waals surface area contributed by atoms with Crippen LogP contribution in [0.3, 0.4) is 0 Å². The van der Waals surface area contributed by atoms with Crippen molar-refractivity contribution in [1.82, 2.24) is 19.3 Å². The van der Waals surface area contributed by atoms with E-state index in [4.69, 9.17) is 11.6 Å². The Balaban J connectivity index is 2.16. The van der Waals surface area contributed by atoms with E-state index in [1.165, 1.54) is 4.52 Å². The molecule has 0 radical (unpaired) electrons. The van der Waals surface area contributed by atoms with Gasteiger partial charge in [0.25, 0.3) is 0 Å². The number of rotatable bonds is 5. The fourth-order valence-corrected chi connectivity index (χ4v) is 4.69. The number of halogens is 1. The zero-order chi connectivity index (χ0) is 19.8. The molecule has 7 nitrogen and oxygen atoms in total. The maximum atomic E-state index is 13.0. The summed E-state index contributed by atoms with van der Waals surface area (Å²) in [4.78, 5) is 4.38. The normalized spacial score (nSPS) is 12.5. The maximum absolute atomic E-state index is 13.0. The van der Waals surface area contributed by atoms with Gasteiger partial charge in [0.05, 0.1) is 16.4 Å². The van der Waals surface area contributed by atoms with Gasteiger partial charge in [0.1, 0.15) is 10.7 Å². The summed E-state index contributed by atoms with van der Waals surface area (Å²) in [5, 5.41) is 8.22. The molecule has 0 saturated carbocycles. The van der Waals surface area contributed by atoms with E-state index in [-0.39, 0.29) is 10.5 Å². The van der Waals surface area contributed by atoms with Crippen molar-refractivity contribution >= 4 is 38.8 Å². The van der Waals surface area contributed by atoms with Crippen molar-refractivity contribution in [3.05, 3.63) is 47.2 Å². The van der Waals surface area contributed by atoms with Crippen LogP contribution in [0.4, 0.5) is 11.5 Å². The van der Waals surface area contributed by atoms with Gasteiger partial charge in [-0.2, -0.15) is 9.61 Å². The Labute approximate surface area is 163 Å². The molecule has 0 atom stereocenters. The van der Waals surface area contributed by atoms with Crippen molar-refractivity contribution in [3.8, 4) is 0 Å². The molecule has 0 aliphatic heterocycles. The van der Waals surface area contributed by atoms with Crippen LogP contribution in [0.2, 0.25) is 5.02 Å². The molecule has 27 heavy (non-hydrogen) atoms. The predicted molar refractivity (Wildman–Crippen MR) is 107 cm³/mol. The third-order valence-corrected chi connectivity index (χ3v) is 5.89. The van der Waals surface area contributed by atoms with E-state index in [0.29, 0.717) is 28.6 Å². The van der Waals surface area contributed by atoms with Crippen LogP contribution >= 0.6 is 11.6 Å². The van der Waals surface area contributed by atoms with Gasteiger partial charge in [0.15, 0.2) is 5.65 Å². The third kappa shape index (κ3) is 4.07. The Kier molecular flexibility index (Phi) is 5.16. The number of hydrogen-bond donors (Lipinski definition) is 2. The second-order valence-electron chi connectivity index (χ2n) is 7.16. The Morgan fingerprint density at radius 3 is 2.52 bits per heavy atom. The lowest BCUT2D eigenvalue weighted by molar-refractivity contribution is 0.491. The van der Waals surface area contributed by atoms with Crippen LogP contribution < -0.4 is 10.0 Å². The molecule has 9 heteroatoms. The minimum absolute atomic E-state index is 0.0998. The van der Waals surface area contributed by atoms with E-state index in [2.05, 4.69) is 20.1 Å². The highest BCUT2D eigenvalue weighted by Gasteiger charge is 2.30. The minimum atomic E-state index is -3.79. The molecule has 0 spiro atoms. The van der Waals surface area contributed by atoms with Gasteiger partial charge in [-0.3, -0.25) is 0 Å². The monoisotopic (exact) mass is 407 g/mol. The first kappa shape index (κ1) is 19.6. The van der Waals surface area contributed by atoms with E-state index in [1.807, 2.05) is 25.1 Å². The number of aromatic nitrogens is 3. The average molecular weight is 408 g/mol. The van der Waals surface area contributed by atoms with Crippen molar-refractivity contribution in [2.75, 3.05) is 5.32 Å². The Morgan fingerprint density at radius 1 is 1.19 bits per heavy atom. The number of aryl methyl sites for hydroxylation is 1. The van der Waals surface area contributed by atoms with Crippen LogP contribution in [0, 0.1) is 0 Å². The van der Waals surface area contributed by atoms with Gasteiger partial charge in [-0.1, -0.05) is 30.7 Å². The van der Waals surface area contributed by atoms with Crippen molar-refractivity contribution < 1.29 is 8.42 Å². The number of sulfonamides is 1. The standard InChI is InChI=1S/C18H22ClN5O2S/c1-5-13-16(27(25,26)23-18(2,3)4)17-20-11-10-15(24(17)22-13)21-14-9-7-6-8-12(14)19/h6-11,21,23H,5H2,1-4H3. The van der Waals surface area contributed by atoms with Gasteiger partial charge in [-0.15, -0.1) is 0 Å². The van der Waals surface area contributed by atoms with Crippen LogP contribution in [-0.2, 0) is 16.4 Å². The first-order valence-electron chi connectivity index (χ1n) is 8.54. The summed E-state index contributed by atoms with van der Waals surface area (Å²) in [5.74, 6) is 0.569. The van der Waals surface area contributed by atoms with E-state index in [0.717, 1.165) is 0 Å². The molecule has 144 valence electrons. The lowest BCUT2D eigenvalue weighted by Crippen LogP contribution is -2.40. The number of fused-ring (bicyclic) bond motifs is 1. The van der Waals surface area contributed by atoms with Crippen LogP contribution in [-0.4, -0.2) is 28.6 Å². The van der Waals surface area contributed by atoms with Crippen molar-refractivity contribution in [1.29, 1.82) is 0 Å². The number of nitrogens with zero attached hydrogens (tertiary/aromatic N) is 3. The van der Waals surface area contributed by atoms with E-state index >= 15 is 0 Å². The first-order valence-corrected chi connectivity index (χ1v) is 10.4. The summed E-state index contributed by atoms with van der Waals surface area (Å²) < 4.78 is 30.1. The van der Waals surface area contributed by atoms with Crippen LogP contribution in [0.25, 0.3) is 5.65 Å². The van der Waals surface area contributed by atoms with Crippen molar-refractivity contribution in [2.45, 2.75) is 44.6 Å². The molecular weight excluding hydrogens is 386 g/mol. The summed E-state index contributed by atoms with van der Waals surface area (Å²) >= 11 is 6.22. The highest BCUT2D eigenvalue weighted by molar-refractivity contribution is 7.89. The fourth-order valence-electron chi connectivity index (χ4n) is 2.72. The molecule has 1 aromatic carbocycles. The molecule has 3 aromatic rings. The van der Waals surface area contributed by atoms with E-state index in [9.17, 15) is 8.42 Å². The first-order chi connectivity index (χ1) is 12.6. The second-order valence-corrected chi connectivity index (χ2v) is 9.18. The van der Waals surface area contributed by atoms with Gasteiger partial charge in [-0.25, -0.2) is 18.1 Å². The molecule has 0 aliphatic rings. The molecule has 3 rings (SSSR count). The van der Waals surface area contributed by atoms with E-state index in [1.54, 1.807) is 39.1 Å². The molecule has 0 saturated heterocycles. The number of nitrogens with one attached hydrogen (secondary N) is 2. The Bertz CT molecular complexity index is 1090. The van der Waals surface area contributed by atoms with Crippen LogP contribution in [0.5, 0.6) is 0 Å². The summed E-state index contributed by atoms with van der Waals surface area (Å²) in [6, 6.07) is 9.01. The van der Waals surface area contributed by atoms with Crippen molar-refractivity contribution in [3.63, 3.8) is 0 Å². The lowest BCUT2D eigenvalue weighted by Gasteiger charge is -2.20. The number of benzene rings is 1. The summed E-state index contributed by atoms with van der Waals surface area (Å²) in [5.41, 5.74) is 0.789. The molecule has 0 fully saturated rings. The fraction of sp³-hybridized carbons (Fsp3) is 0.333. The smallest absolute Gasteiger partial charge is 0.246 e. The zero-order valence-electron chi connectivity index (χ0n) is 15.6. The van der Waals surface area contributed by atoms with Gasteiger partial charge in [0.2, 0.25) is 10.0 Å². The molecule has 2 heterocycles. The molecule has 0 amide bonds. The minimum Gasteiger partial charge on any atom is -0.339 e. The van der Waals surface area contributed by atoms with E-state index < -0.39 is 15.6 Å². The van der Waals surface area contributed by atoms with Gasteiger partial charge in [-0.05, 0) is 45.4 Å². The SMILES string of the molecule is CCc1nn2c(Nc3ccccc3Cl)ccnc2c1S(=O)(=O)NC(C)(C)C. The van der Waals surface area contributed by atoms with Gasteiger partial charge < -0.3 is 5.32 Å². The predicted octanol–water partition coefficient (Wildman–Crippen LogP) is 3.77. The number of hydrogen-bond acceptors (Lipinski definition) is 5. The average Bonchev–Trinajstić information content (AvgIpc) is 2.95. The second kappa shape index (κ2) is 7.10. The molecule has 2 N–H and O–H groups in total. The molecule has 0 aliphatic carbocycles. The molecule has 0 bridgehead atoms. The number of para-hydroxylation sites is 1. The summed E-state index contributed by atoms with van der Waals surface area (Å²) in [7, 11) is -3.79. The van der Waals surface area contributed by atoms with Crippen LogP contribution in [0.15, 0.2) is 41.4 Å². The lowest BCUT2D eigenvalue weighted by atomic mass is 10.1. The largest absolute Gasteiger partial charge is 0.339 e. The molecule has 0 unspecified atom stereocenters. The topological polar surface area (TPSA) is 88.4 Å². The van der Waals surface area contributed by atoms with Crippen LogP contribution in [0.1, 0.15) is 33.4 Å². The zero-order valence-corrected chi connectivity index (χ0v) is 17.2. The highest BCUT2D eigenvalue weighted by atomic mass is 35.5. The van der Waals surface area contributed by atoms with Gasteiger partial charge in [0, 0.05) is 11.7 Å². The molecule has 2 aromatic heterocycles.